The summed E-state index contributed by atoms with van der Waals surface area (Å²) in [5.41, 5.74) is 2.08. The van der Waals surface area contributed by atoms with Crippen LogP contribution in [-0.2, 0) is 19.1 Å². The van der Waals surface area contributed by atoms with Crippen LogP contribution in [0.15, 0.2) is 46.8 Å². The second kappa shape index (κ2) is 9.38. The Hall–Kier alpha value is -2.14. The number of carbonyl (C=O) groups excluding carboxylic acids is 2. The van der Waals surface area contributed by atoms with E-state index in [2.05, 4.69) is 45.1 Å². The fraction of sp³-hybridized carbons (Fsp3) is 0.630. The number of esters is 1. The molecule has 0 radical (unpaired) electrons. The van der Waals surface area contributed by atoms with Gasteiger partial charge in [-0.1, -0.05) is 43.7 Å². The van der Waals surface area contributed by atoms with E-state index in [1.54, 1.807) is 0 Å². The van der Waals surface area contributed by atoms with Crippen molar-refractivity contribution < 1.29 is 24.2 Å². The molecule has 0 unspecified atom stereocenters. The van der Waals surface area contributed by atoms with Crippen molar-refractivity contribution in [2.45, 2.75) is 85.4 Å². The summed E-state index contributed by atoms with van der Waals surface area (Å²) in [5.74, 6) is -1.12. The smallest absolute Gasteiger partial charge is 0.302 e. The lowest BCUT2D eigenvalue weighted by atomic mass is 9.70. The Labute approximate surface area is 192 Å². The third kappa shape index (κ3) is 4.93. The van der Waals surface area contributed by atoms with Crippen molar-refractivity contribution in [2.24, 2.45) is 17.3 Å². The quantitative estimate of drug-likeness (QED) is 0.443. The van der Waals surface area contributed by atoms with Gasteiger partial charge in [-0.3, -0.25) is 9.59 Å². The number of carbonyl (C=O) groups is 2. The molecule has 2 heterocycles. The predicted octanol–water partition coefficient (Wildman–Crippen LogP) is 5.77. The first kappa shape index (κ1) is 24.5. The van der Waals surface area contributed by atoms with Crippen molar-refractivity contribution >= 4 is 11.8 Å². The minimum Gasteiger partial charge on any atom is -0.504 e. The Morgan fingerprint density at radius 3 is 2.72 bits per heavy atom. The first-order chi connectivity index (χ1) is 15.0. The molecule has 5 heteroatoms. The number of ketones is 1. The van der Waals surface area contributed by atoms with Crippen molar-refractivity contribution in [3.63, 3.8) is 0 Å². The summed E-state index contributed by atoms with van der Waals surface area (Å²) in [4.78, 5) is 24.7. The number of rotatable bonds is 3. The molecule has 2 aliphatic heterocycles. The number of allylic oxidation sites excluding steroid dienone is 5. The third-order valence-corrected chi connectivity index (χ3v) is 7.50. The molecule has 0 aromatic carbocycles. The van der Waals surface area contributed by atoms with Crippen LogP contribution in [0.2, 0.25) is 0 Å². The van der Waals surface area contributed by atoms with Gasteiger partial charge in [-0.25, -0.2) is 0 Å². The van der Waals surface area contributed by atoms with Crippen molar-refractivity contribution in [2.75, 3.05) is 6.61 Å². The Bertz CT molecular complexity index is 892. The van der Waals surface area contributed by atoms with E-state index < -0.39 is 5.41 Å². The van der Waals surface area contributed by atoms with Gasteiger partial charge in [-0.2, -0.15) is 0 Å². The summed E-state index contributed by atoms with van der Waals surface area (Å²) in [5, 5.41) is 10.9. The highest BCUT2D eigenvalue weighted by atomic mass is 16.5. The molecule has 0 spiro atoms. The van der Waals surface area contributed by atoms with Gasteiger partial charge < -0.3 is 14.6 Å². The normalized spacial score (nSPS) is 38.8. The van der Waals surface area contributed by atoms with E-state index in [0.29, 0.717) is 18.4 Å². The molecule has 3 aliphatic rings. The molecule has 2 bridgehead atoms. The fourth-order valence-corrected chi connectivity index (χ4v) is 5.30. The van der Waals surface area contributed by atoms with Gasteiger partial charge in [-0.15, -0.1) is 0 Å². The zero-order valence-electron chi connectivity index (χ0n) is 20.4. The molecule has 1 fully saturated rings. The van der Waals surface area contributed by atoms with Crippen LogP contribution < -0.4 is 0 Å². The van der Waals surface area contributed by atoms with Crippen LogP contribution in [0.4, 0.5) is 0 Å². The lowest BCUT2D eigenvalue weighted by Crippen LogP contribution is -2.32. The molecule has 1 N–H and O–H groups in total. The largest absolute Gasteiger partial charge is 0.504 e. The van der Waals surface area contributed by atoms with Gasteiger partial charge in [0.05, 0.1) is 18.3 Å². The topological polar surface area (TPSA) is 72.8 Å². The van der Waals surface area contributed by atoms with Crippen molar-refractivity contribution in [3.05, 3.63) is 46.8 Å². The molecular weight excluding hydrogens is 404 g/mol. The lowest BCUT2D eigenvalue weighted by Gasteiger charge is -2.32. The lowest BCUT2D eigenvalue weighted by molar-refractivity contribution is -0.141. The van der Waals surface area contributed by atoms with E-state index in [1.165, 1.54) is 18.1 Å². The van der Waals surface area contributed by atoms with Gasteiger partial charge in [0.2, 0.25) is 5.78 Å². The van der Waals surface area contributed by atoms with Crippen LogP contribution in [0, 0.1) is 17.3 Å². The molecule has 5 atom stereocenters. The van der Waals surface area contributed by atoms with E-state index in [0.717, 1.165) is 19.3 Å². The van der Waals surface area contributed by atoms with E-state index in [4.69, 9.17) is 9.47 Å². The Balaban J connectivity index is 2.00. The van der Waals surface area contributed by atoms with Gasteiger partial charge in [0, 0.05) is 24.2 Å². The number of hydrogen-bond donors (Lipinski definition) is 1. The van der Waals surface area contributed by atoms with E-state index in [1.807, 2.05) is 13.8 Å². The van der Waals surface area contributed by atoms with E-state index in [-0.39, 0.29) is 47.7 Å². The molecule has 5 nitrogen and oxygen atoms in total. The number of fused-ring (bicyclic) bond motifs is 3. The first-order valence-electron chi connectivity index (χ1n) is 11.8. The SMILES string of the molecule is CC(=O)OC[C@@H](C)C1=C(O)C(=O)[C@@]2(C)C/C=C(\C)C/C=C/[C@]3(C)CC[C@@H](O3)/C(C)=C/C[C@H]12. The predicted molar refractivity (Wildman–Crippen MR) is 125 cm³/mol. The number of hydrogen-bond acceptors (Lipinski definition) is 5. The summed E-state index contributed by atoms with van der Waals surface area (Å²) < 4.78 is 11.6. The van der Waals surface area contributed by atoms with Gasteiger partial charge in [-0.05, 0) is 64.0 Å². The second-order valence-corrected chi connectivity index (χ2v) is 10.3. The molecule has 0 amide bonds. The zero-order chi connectivity index (χ0) is 23.7. The van der Waals surface area contributed by atoms with Crippen molar-refractivity contribution in [3.8, 4) is 0 Å². The number of Topliss-reactive ketones (excluding diaryl/α,β-unsaturated/α-hetero) is 1. The molecule has 3 rings (SSSR count). The molecule has 1 aliphatic carbocycles. The zero-order valence-corrected chi connectivity index (χ0v) is 20.4. The van der Waals surface area contributed by atoms with Crippen LogP contribution in [0.5, 0.6) is 0 Å². The summed E-state index contributed by atoms with van der Waals surface area (Å²) in [6.45, 7) is 11.7. The number of aliphatic hydroxyl groups excluding tert-OH is 1. The van der Waals surface area contributed by atoms with Crippen molar-refractivity contribution in [1.82, 2.24) is 0 Å². The van der Waals surface area contributed by atoms with Crippen LogP contribution in [0.25, 0.3) is 0 Å². The summed E-state index contributed by atoms with van der Waals surface area (Å²) >= 11 is 0. The summed E-state index contributed by atoms with van der Waals surface area (Å²) in [7, 11) is 0. The van der Waals surface area contributed by atoms with Crippen molar-refractivity contribution in [1.29, 1.82) is 0 Å². The Kier molecular flexibility index (Phi) is 7.18. The molecule has 32 heavy (non-hydrogen) atoms. The highest BCUT2D eigenvalue weighted by molar-refractivity contribution is 6.02. The standard InChI is InChI=1S/C27H38O5/c1-17-8-7-13-26(5)14-12-22(32-26)18(2)9-10-21-23(19(3)16-31-20(4)28)24(29)25(30)27(21,6)15-11-17/h7,9,11,13,19,21-22,29H,8,10,12,14-16H2,1-6H3/b13-7+,17-11+,18-9+/t19-,21-,22-,26-,27+/m1/s1. The van der Waals surface area contributed by atoms with E-state index in [9.17, 15) is 14.7 Å². The van der Waals surface area contributed by atoms with Gasteiger partial charge >= 0.3 is 5.97 Å². The summed E-state index contributed by atoms with van der Waals surface area (Å²) in [6, 6.07) is 0. The maximum absolute atomic E-state index is 13.3. The van der Waals surface area contributed by atoms with Crippen LogP contribution in [0.3, 0.4) is 0 Å². The minimum atomic E-state index is -0.735. The highest BCUT2D eigenvalue weighted by Gasteiger charge is 2.51. The van der Waals surface area contributed by atoms with Crippen LogP contribution in [0.1, 0.15) is 73.6 Å². The van der Waals surface area contributed by atoms with Crippen LogP contribution in [-0.4, -0.2) is 35.2 Å². The number of aliphatic hydroxyl groups is 1. The molecule has 0 aromatic heterocycles. The second-order valence-electron chi connectivity index (χ2n) is 10.3. The van der Waals surface area contributed by atoms with Crippen LogP contribution >= 0.6 is 0 Å². The fourth-order valence-electron chi connectivity index (χ4n) is 5.30. The molecular formula is C27H38O5. The maximum atomic E-state index is 13.3. The monoisotopic (exact) mass is 442 g/mol. The molecule has 176 valence electrons. The highest BCUT2D eigenvalue weighted by Crippen LogP contribution is 2.51. The average Bonchev–Trinajstić information content (AvgIpc) is 3.20. The Morgan fingerprint density at radius 1 is 1.31 bits per heavy atom. The minimum absolute atomic E-state index is 0.0621. The van der Waals surface area contributed by atoms with Gasteiger partial charge in [0.15, 0.2) is 5.76 Å². The Morgan fingerprint density at radius 2 is 2.03 bits per heavy atom. The van der Waals surface area contributed by atoms with Gasteiger partial charge in [0.25, 0.3) is 0 Å². The third-order valence-electron chi connectivity index (χ3n) is 7.50. The number of ether oxygens (including phenoxy) is 2. The molecule has 0 aromatic rings. The molecule has 0 saturated carbocycles. The van der Waals surface area contributed by atoms with E-state index >= 15 is 0 Å². The average molecular weight is 443 g/mol. The molecule has 1 saturated heterocycles. The first-order valence-corrected chi connectivity index (χ1v) is 11.8. The maximum Gasteiger partial charge on any atom is 0.302 e. The summed E-state index contributed by atoms with van der Waals surface area (Å²) in [6.07, 6.45) is 12.7. The van der Waals surface area contributed by atoms with Gasteiger partial charge in [0.1, 0.15) is 0 Å².